The molecule has 0 unspecified atom stereocenters. The number of hydrogen-bond donors (Lipinski definition) is 0. The summed E-state index contributed by atoms with van der Waals surface area (Å²) in [5, 5.41) is 41.8. The molecule has 0 atom stereocenters. The number of nitro benzene ring substituents is 2. The minimum Gasteiger partial charge on any atom is -0.258 e. The molecule has 0 aliphatic carbocycles. The molecular weight excluding hydrogens is 304 g/mol. The van der Waals surface area contributed by atoms with Crippen LogP contribution in [0.2, 0.25) is 5.02 Å². The molecule has 106 valence electrons. The fourth-order valence-electron chi connectivity index (χ4n) is 1.39. The van der Waals surface area contributed by atoms with E-state index < -0.39 is 47.8 Å². The van der Waals surface area contributed by atoms with Crippen molar-refractivity contribution in [3.8, 4) is 0 Å². The van der Waals surface area contributed by atoms with Gasteiger partial charge in [-0.2, -0.15) is 0 Å². The highest BCUT2D eigenvalue weighted by Crippen LogP contribution is 2.37. The van der Waals surface area contributed by atoms with E-state index in [1.807, 2.05) is 0 Å². The first-order chi connectivity index (χ1) is 9.16. The van der Waals surface area contributed by atoms with Gasteiger partial charge in [0.25, 0.3) is 11.4 Å². The number of halogens is 1. The summed E-state index contributed by atoms with van der Waals surface area (Å²) in [6.07, 6.45) is -2.69. The molecule has 0 spiro atoms. The van der Waals surface area contributed by atoms with Gasteiger partial charge in [-0.1, -0.05) is 11.6 Å². The number of nitro groups is 4. The second-order valence-electron chi connectivity index (χ2n) is 3.32. The summed E-state index contributed by atoms with van der Waals surface area (Å²) in [4.78, 5) is 37.6. The molecular formula is C7H3ClN4O8. The lowest BCUT2D eigenvalue weighted by Gasteiger charge is -2.05. The normalized spacial score (nSPS) is 10.3. The van der Waals surface area contributed by atoms with Gasteiger partial charge in [0.2, 0.25) is 0 Å². The van der Waals surface area contributed by atoms with Crippen LogP contribution in [-0.2, 0) is 0 Å². The third-order valence-electron chi connectivity index (χ3n) is 2.16. The van der Waals surface area contributed by atoms with Crippen LogP contribution in [0.4, 0.5) is 11.4 Å². The predicted molar refractivity (Wildman–Crippen MR) is 61.5 cm³/mol. The van der Waals surface area contributed by atoms with Crippen LogP contribution in [-0.4, -0.2) is 19.7 Å². The van der Waals surface area contributed by atoms with Crippen molar-refractivity contribution in [3.63, 3.8) is 0 Å². The van der Waals surface area contributed by atoms with Gasteiger partial charge in [-0.05, 0) is 0 Å². The van der Waals surface area contributed by atoms with Gasteiger partial charge in [-0.15, -0.1) is 0 Å². The fourth-order valence-corrected chi connectivity index (χ4v) is 1.70. The zero-order valence-electron chi connectivity index (χ0n) is 9.16. The van der Waals surface area contributed by atoms with Crippen molar-refractivity contribution >= 4 is 23.0 Å². The molecule has 0 heterocycles. The summed E-state index contributed by atoms with van der Waals surface area (Å²) in [5.74, 6) is 0. The highest BCUT2D eigenvalue weighted by atomic mass is 35.5. The Morgan fingerprint density at radius 2 is 1.40 bits per heavy atom. The summed E-state index contributed by atoms with van der Waals surface area (Å²) in [6.45, 7) is 0. The number of hydrogen-bond acceptors (Lipinski definition) is 8. The molecule has 0 saturated carbocycles. The van der Waals surface area contributed by atoms with Crippen molar-refractivity contribution in [2.24, 2.45) is 0 Å². The Morgan fingerprint density at radius 3 is 1.75 bits per heavy atom. The summed E-state index contributed by atoms with van der Waals surface area (Å²) >= 11 is 5.49. The average molecular weight is 307 g/mol. The molecule has 1 aromatic carbocycles. The van der Waals surface area contributed by atoms with Crippen molar-refractivity contribution in [1.29, 1.82) is 0 Å². The predicted octanol–water partition coefficient (Wildman–Crippen LogP) is 1.71. The molecule has 0 amide bonds. The third kappa shape index (κ3) is 2.74. The van der Waals surface area contributed by atoms with Crippen LogP contribution in [0.15, 0.2) is 12.1 Å². The summed E-state index contributed by atoms with van der Waals surface area (Å²) in [7, 11) is 0. The molecule has 13 heteroatoms. The molecule has 12 nitrogen and oxygen atoms in total. The maximum Gasteiger partial charge on any atom is 0.484 e. The van der Waals surface area contributed by atoms with E-state index in [0.717, 1.165) is 0 Å². The second-order valence-corrected chi connectivity index (χ2v) is 3.73. The van der Waals surface area contributed by atoms with E-state index in [1.54, 1.807) is 0 Å². The van der Waals surface area contributed by atoms with E-state index in [4.69, 9.17) is 11.6 Å². The SMILES string of the molecule is O=[N+]([O-])c1cc(Cl)c(C([N+](=O)[O-])[N+](=O)[O-])c([N+](=O)[O-])c1. The lowest BCUT2D eigenvalue weighted by Crippen LogP contribution is -2.21. The second kappa shape index (κ2) is 5.40. The quantitative estimate of drug-likeness (QED) is 0.448. The van der Waals surface area contributed by atoms with Crippen molar-refractivity contribution in [2.45, 2.75) is 6.17 Å². The van der Waals surface area contributed by atoms with Gasteiger partial charge in [0, 0.05) is 6.07 Å². The first-order valence-corrected chi connectivity index (χ1v) is 4.93. The van der Waals surface area contributed by atoms with E-state index in [2.05, 4.69) is 0 Å². The minimum atomic E-state index is -2.69. The van der Waals surface area contributed by atoms with Crippen molar-refractivity contribution in [2.75, 3.05) is 0 Å². The molecule has 0 aliphatic heterocycles. The van der Waals surface area contributed by atoms with Gasteiger partial charge < -0.3 is 0 Å². The first kappa shape index (κ1) is 15.2. The molecule has 0 N–H and O–H groups in total. The van der Waals surface area contributed by atoms with E-state index in [9.17, 15) is 40.5 Å². The van der Waals surface area contributed by atoms with Gasteiger partial charge in [0.05, 0.1) is 20.9 Å². The zero-order valence-corrected chi connectivity index (χ0v) is 9.92. The van der Waals surface area contributed by atoms with E-state index in [0.29, 0.717) is 12.1 Å². The molecule has 1 rings (SSSR count). The van der Waals surface area contributed by atoms with Crippen LogP contribution in [0.25, 0.3) is 0 Å². The minimum absolute atomic E-state index is 0.376. The van der Waals surface area contributed by atoms with E-state index >= 15 is 0 Å². The average Bonchev–Trinajstić information content (AvgIpc) is 2.29. The number of non-ortho nitro benzene ring substituents is 1. The van der Waals surface area contributed by atoms with Gasteiger partial charge in [0.1, 0.15) is 9.85 Å². The van der Waals surface area contributed by atoms with Crippen LogP contribution in [0.3, 0.4) is 0 Å². The van der Waals surface area contributed by atoms with Crippen LogP contribution in [0.1, 0.15) is 11.7 Å². The molecule has 0 aliphatic rings. The largest absolute Gasteiger partial charge is 0.484 e. The number of nitrogens with zero attached hydrogens (tertiary/aromatic N) is 4. The highest BCUT2D eigenvalue weighted by molar-refractivity contribution is 6.32. The van der Waals surface area contributed by atoms with Crippen LogP contribution in [0, 0.1) is 40.5 Å². The van der Waals surface area contributed by atoms with Gasteiger partial charge in [0.15, 0.2) is 5.56 Å². The Labute approximate surface area is 113 Å². The van der Waals surface area contributed by atoms with E-state index in [1.165, 1.54) is 0 Å². The zero-order chi connectivity index (χ0) is 15.6. The molecule has 0 radical (unpaired) electrons. The third-order valence-corrected chi connectivity index (χ3v) is 2.47. The Balaban J connectivity index is 3.68. The Morgan fingerprint density at radius 1 is 0.900 bits per heavy atom. The Bertz CT molecular complexity index is 617. The topological polar surface area (TPSA) is 173 Å². The van der Waals surface area contributed by atoms with Gasteiger partial charge in [-0.25, -0.2) is 0 Å². The van der Waals surface area contributed by atoms with Crippen molar-refractivity contribution in [1.82, 2.24) is 0 Å². The van der Waals surface area contributed by atoms with E-state index in [-0.39, 0.29) is 0 Å². The molecule has 1 aromatic rings. The van der Waals surface area contributed by atoms with Crippen molar-refractivity contribution < 1.29 is 19.7 Å². The summed E-state index contributed by atoms with van der Waals surface area (Å²) in [5.41, 5.74) is -2.99. The monoisotopic (exact) mass is 306 g/mol. The van der Waals surface area contributed by atoms with Gasteiger partial charge in [-0.3, -0.25) is 40.5 Å². The van der Waals surface area contributed by atoms with Crippen LogP contribution < -0.4 is 0 Å². The standard InChI is InChI=1S/C7H3ClN4O8/c8-4-1-3(9(13)14)2-5(10(15)16)6(4)7(11(17)18)12(19)20/h1-2,7H. The molecule has 20 heavy (non-hydrogen) atoms. The number of rotatable bonds is 5. The smallest absolute Gasteiger partial charge is 0.258 e. The Kier molecular flexibility index (Phi) is 4.09. The fraction of sp³-hybridized carbons (Fsp3) is 0.143. The molecule has 0 fully saturated rings. The summed E-state index contributed by atoms with van der Waals surface area (Å²) in [6, 6.07) is 0.950. The Hall–Kier alpha value is -2.89. The summed E-state index contributed by atoms with van der Waals surface area (Å²) < 4.78 is 0. The lowest BCUT2D eigenvalue weighted by atomic mass is 10.1. The van der Waals surface area contributed by atoms with Crippen LogP contribution >= 0.6 is 11.6 Å². The van der Waals surface area contributed by atoms with Crippen LogP contribution in [0.5, 0.6) is 0 Å². The maximum atomic E-state index is 10.8. The molecule has 0 saturated heterocycles. The number of benzene rings is 1. The van der Waals surface area contributed by atoms with Crippen molar-refractivity contribution in [3.05, 3.63) is 63.2 Å². The molecule has 0 bridgehead atoms. The molecule has 0 aromatic heterocycles. The highest BCUT2D eigenvalue weighted by Gasteiger charge is 2.44. The first-order valence-electron chi connectivity index (χ1n) is 4.56. The maximum absolute atomic E-state index is 10.8. The van der Waals surface area contributed by atoms with Gasteiger partial charge >= 0.3 is 6.17 Å². The lowest BCUT2D eigenvalue weighted by molar-refractivity contribution is -0.753.